The van der Waals surface area contributed by atoms with E-state index in [9.17, 15) is 14.4 Å². The minimum absolute atomic E-state index is 0.0540. The third-order valence-electron chi connectivity index (χ3n) is 6.09. The SMILES string of the molecule is CCCCNC(=O)CSc1nc2cc3c(cc2c(=O)n1CCC(=O)NCc1ccc2c(c1)OCO2)OCO3. The maximum atomic E-state index is 13.5. The van der Waals surface area contributed by atoms with Crippen LogP contribution in [-0.2, 0) is 22.7 Å². The van der Waals surface area contributed by atoms with Crippen molar-refractivity contribution in [3.8, 4) is 23.0 Å². The van der Waals surface area contributed by atoms with Gasteiger partial charge in [0, 0.05) is 32.1 Å². The zero-order chi connectivity index (χ0) is 26.5. The molecule has 12 heteroatoms. The molecule has 3 heterocycles. The number of hydrogen-bond acceptors (Lipinski definition) is 9. The number of nitrogens with zero attached hydrogens (tertiary/aromatic N) is 2. The van der Waals surface area contributed by atoms with Crippen LogP contribution in [0.4, 0.5) is 0 Å². The van der Waals surface area contributed by atoms with E-state index in [4.69, 9.17) is 18.9 Å². The van der Waals surface area contributed by atoms with Crippen molar-refractivity contribution >= 4 is 34.5 Å². The number of carbonyl (C=O) groups is 2. The lowest BCUT2D eigenvalue weighted by Crippen LogP contribution is -2.29. The number of nitrogens with one attached hydrogen (secondary N) is 2. The van der Waals surface area contributed by atoms with Gasteiger partial charge in [-0.05, 0) is 30.2 Å². The summed E-state index contributed by atoms with van der Waals surface area (Å²) < 4.78 is 23.0. The molecule has 0 fully saturated rings. The van der Waals surface area contributed by atoms with Crippen molar-refractivity contribution in [3.63, 3.8) is 0 Å². The summed E-state index contributed by atoms with van der Waals surface area (Å²) in [6, 6.07) is 8.75. The average Bonchev–Trinajstić information content (AvgIpc) is 3.58. The first-order valence-corrected chi connectivity index (χ1v) is 13.4. The Labute approximate surface area is 222 Å². The van der Waals surface area contributed by atoms with Gasteiger partial charge in [-0.1, -0.05) is 31.2 Å². The second kappa shape index (κ2) is 11.6. The lowest BCUT2D eigenvalue weighted by atomic mass is 10.2. The van der Waals surface area contributed by atoms with Gasteiger partial charge in [0.05, 0.1) is 16.7 Å². The molecular formula is C26H28N4O7S. The minimum atomic E-state index is -0.314. The molecule has 11 nitrogen and oxygen atoms in total. The highest BCUT2D eigenvalue weighted by Crippen LogP contribution is 2.35. The normalized spacial score (nSPS) is 13.1. The van der Waals surface area contributed by atoms with Crippen LogP contribution in [0.15, 0.2) is 40.3 Å². The number of amides is 2. The number of benzene rings is 2. The van der Waals surface area contributed by atoms with Crippen LogP contribution in [0.3, 0.4) is 0 Å². The van der Waals surface area contributed by atoms with E-state index < -0.39 is 0 Å². The summed E-state index contributed by atoms with van der Waals surface area (Å²) in [5.41, 5.74) is 0.996. The molecule has 0 atom stereocenters. The van der Waals surface area contributed by atoms with Crippen LogP contribution in [0.1, 0.15) is 31.7 Å². The molecule has 38 heavy (non-hydrogen) atoms. The van der Waals surface area contributed by atoms with E-state index in [0.717, 1.165) is 30.2 Å². The molecule has 2 aliphatic heterocycles. The van der Waals surface area contributed by atoms with Crippen molar-refractivity contribution in [2.75, 3.05) is 25.9 Å². The summed E-state index contributed by atoms with van der Waals surface area (Å²) >= 11 is 1.16. The molecule has 0 saturated carbocycles. The van der Waals surface area contributed by atoms with Crippen molar-refractivity contribution in [2.24, 2.45) is 0 Å². The molecule has 1 aromatic heterocycles. The predicted molar refractivity (Wildman–Crippen MR) is 140 cm³/mol. The lowest BCUT2D eigenvalue weighted by Gasteiger charge is -2.14. The Morgan fingerprint density at radius 3 is 2.50 bits per heavy atom. The van der Waals surface area contributed by atoms with Gasteiger partial charge in [-0.25, -0.2) is 4.98 Å². The molecule has 0 aliphatic carbocycles. The summed E-state index contributed by atoms with van der Waals surface area (Å²) in [7, 11) is 0. The number of unbranched alkanes of at least 4 members (excludes halogenated alkanes) is 1. The van der Waals surface area contributed by atoms with Gasteiger partial charge < -0.3 is 29.6 Å². The molecule has 0 unspecified atom stereocenters. The Kier molecular flexibility index (Phi) is 7.87. The molecular weight excluding hydrogens is 512 g/mol. The van der Waals surface area contributed by atoms with Crippen molar-refractivity contribution in [1.29, 1.82) is 0 Å². The Balaban J connectivity index is 1.30. The van der Waals surface area contributed by atoms with Gasteiger partial charge in [-0.15, -0.1) is 0 Å². The summed E-state index contributed by atoms with van der Waals surface area (Å²) in [4.78, 5) is 43.1. The van der Waals surface area contributed by atoms with E-state index in [1.807, 2.05) is 12.1 Å². The first-order chi connectivity index (χ1) is 18.5. The number of aromatic nitrogens is 2. The number of thioether (sulfide) groups is 1. The van der Waals surface area contributed by atoms with Gasteiger partial charge in [0.2, 0.25) is 25.4 Å². The first kappa shape index (κ1) is 25.7. The monoisotopic (exact) mass is 540 g/mol. The maximum absolute atomic E-state index is 13.5. The van der Waals surface area contributed by atoms with E-state index in [0.29, 0.717) is 52.1 Å². The molecule has 2 aliphatic rings. The Morgan fingerprint density at radius 2 is 1.71 bits per heavy atom. The number of carbonyl (C=O) groups excluding carboxylic acids is 2. The smallest absolute Gasteiger partial charge is 0.262 e. The number of fused-ring (bicyclic) bond motifs is 3. The van der Waals surface area contributed by atoms with Crippen LogP contribution >= 0.6 is 11.8 Å². The topological polar surface area (TPSA) is 130 Å². The predicted octanol–water partition coefficient (Wildman–Crippen LogP) is 2.57. The molecule has 2 N–H and O–H groups in total. The highest BCUT2D eigenvalue weighted by molar-refractivity contribution is 7.99. The van der Waals surface area contributed by atoms with Crippen molar-refractivity contribution in [3.05, 3.63) is 46.2 Å². The standard InChI is InChI=1S/C26H28N4O7S/c1-2-3-7-27-24(32)13-38-26-29-18-11-22-21(36-15-37-22)10-17(18)25(33)30(26)8-6-23(31)28-12-16-4-5-19-20(9-16)35-14-34-19/h4-5,9-11H,2-3,6-8,12-15H2,1H3,(H,27,32)(H,28,31). The quantitative estimate of drug-likeness (QED) is 0.214. The van der Waals surface area contributed by atoms with E-state index in [1.165, 1.54) is 4.57 Å². The Hall–Kier alpha value is -3.93. The molecule has 3 aromatic rings. The van der Waals surface area contributed by atoms with Crippen LogP contribution < -0.4 is 35.1 Å². The van der Waals surface area contributed by atoms with Crippen LogP contribution in [0, 0.1) is 0 Å². The van der Waals surface area contributed by atoms with Gasteiger partial charge >= 0.3 is 0 Å². The molecule has 5 rings (SSSR count). The zero-order valence-electron chi connectivity index (χ0n) is 20.9. The lowest BCUT2D eigenvalue weighted by molar-refractivity contribution is -0.121. The molecule has 200 valence electrons. The minimum Gasteiger partial charge on any atom is -0.454 e. The van der Waals surface area contributed by atoms with E-state index in [-0.39, 0.29) is 49.7 Å². The van der Waals surface area contributed by atoms with Crippen molar-refractivity contribution in [2.45, 2.75) is 44.4 Å². The Bertz CT molecular complexity index is 1420. The van der Waals surface area contributed by atoms with E-state index >= 15 is 0 Å². The van der Waals surface area contributed by atoms with Gasteiger partial charge in [0.25, 0.3) is 5.56 Å². The highest BCUT2D eigenvalue weighted by Gasteiger charge is 2.20. The fraction of sp³-hybridized carbons (Fsp3) is 0.385. The van der Waals surface area contributed by atoms with Crippen LogP contribution in [0.25, 0.3) is 10.9 Å². The Morgan fingerprint density at radius 1 is 0.974 bits per heavy atom. The van der Waals surface area contributed by atoms with Crippen LogP contribution in [0.2, 0.25) is 0 Å². The molecule has 0 spiro atoms. The summed E-state index contributed by atoms with van der Waals surface area (Å²) in [5.74, 6) is 2.04. The first-order valence-electron chi connectivity index (χ1n) is 12.4. The van der Waals surface area contributed by atoms with Crippen LogP contribution in [-0.4, -0.2) is 47.2 Å². The fourth-order valence-electron chi connectivity index (χ4n) is 4.04. The second-order valence-electron chi connectivity index (χ2n) is 8.78. The van der Waals surface area contributed by atoms with Crippen molar-refractivity contribution in [1.82, 2.24) is 20.2 Å². The van der Waals surface area contributed by atoms with Gasteiger partial charge in [-0.2, -0.15) is 0 Å². The van der Waals surface area contributed by atoms with Crippen molar-refractivity contribution < 1.29 is 28.5 Å². The summed E-state index contributed by atoms with van der Waals surface area (Å²) in [6.45, 7) is 3.31. The molecule has 0 radical (unpaired) electrons. The number of ether oxygens (including phenoxy) is 4. The van der Waals surface area contributed by atoms with E-state index in [1.54, 1.807) is 18.2 Å². The molecule has 2 amide bonds. The van der Waals surface area contributed by atoms with Gasteiger partial charge in [0.15, 0.2) is 28.2 Å². The van der Waals surface area contributed by atoms with Gasteiger partial charge in [-0.3, -0.25) is 19.0 Å². The summed E-state index contributed by atoms with van der Waals surface area (Å²) in [6.07, 6.45) is 1.92. The maximum Gasteiger partial charge on any atom is 0.262 e. The van der Waals surface area contributed by atoms with Crippen LogP contribution in [0.5, 0.6) is 23.0 Å². The molecule has 0 saturated heterocycles. The number of hydrogen-bond donors (Lipinski definition) is 2. The third-order valence-corrected chi connectivity index (χ3v) is 7.06. The molecule has 0 bridgehead atoms. The average molecular weight is 541 g/mol. The largest absolute Gasteiger partial charge is 0.454 e. The second-order valence-corrected chi connectivity index (χ2v) is 9.72. The third kappa shape index (κ3) is 5.80. The van der Waals surface area contributed by atoms with E-state index in [2.05, 4.69) is 22.5 Å². The number of rotatable bonds is 11. The fourth-order valence-corrected chi connectivity index (χ4v) is 4.89. The van der Waals surface area contributed by atoms with Gasteiger partial charge in [0.1, 0.15) is 0 Å². The highest BCUT2D eigenvalue weighted by atomic mass is 32.2. The zero-order valence-corrected chi connectivity index (χ0v) is 21.7. The molecule has 2 aromatic carbocycles. The summed E-state index contributed by atoms with van der Waals surface area (Å²) in [5, 5.41) is 6.45.